The highest BCUT2D eigenvalue weighted by molar-refractivity contribution is 6.10. The molecule has 0 atom stereocenters. The van der Waals surface area contributed by atoms with Crippen molar-refractivity contribution in [1.29, 1.82) is 0 Å². The van der Waals surface area contributed by atoms with Gasteiger partial charge in [0.25, 0.3) is 0 Å². The summed E-state index contributed by atoms with van der Waals surface area (Å²) in [6.07, 6.45) is 1.02. The molecule has 192 valence electrons. The number of nitrogens with zero attached hydrogens (tertiary/aromatic N) is 1. The third-order valence-corrected chi connectivity index (χ3v) is 6.59. The minimum absolute atomic E-state index is 0.0958. The number of hydrogen-bond donors (Lipinski definition) is 2. The second kappa shape index (κ2) is 11.6. The number of fused-ring (bicyclic) bond motifs is 3. The van der Waals surface area contributed by atoms with Crippen LogP contribution in [0.4, 0.5) is 11.4 Å². The first-order chi connectivity index (χ1) is 18.6. The lowest BCUT2D eigenvalue weighted by Crippen LogP contribution is -2.17. The maximum absolute atomic E-state index is 12.6. The Morgan fingerprint density at radius 3 is 2.08 bits per heavy atom. The van der Waals surface area contributed by atoms with Crippen molar-refractivity contribution in [3.63, 3.8) is 0 Å². The van der Waals surface area contributed by atoms with Gasteiger partial charge in [-0.15, -0.1) is 0 Å². The Hall–Kier alpha value is -4.58. The SMILES string of the molecule is CCn1c2ccccc2c2cc(NC(=O)CCC(=O)Nc3ccc(OCCc4ccccc4)cc3)ccc21. The number of amides is 2. The summed E-state index contributed by atoms with van der Waals surface area (Å²) >= 11 is 0. The van der Waals surface area contributed by atoms with Crippen LogP contribution >= 0.6 is 0 Å². The molecule has 0 fully saturated rings. The van der Waals surface area contributed by atoms with Gasteiger partial charge in [-0.05, 0) is 61.0 Å². The third-order valence-electron chi connectivity index (χ3n) is 6.59. The normalized spacial score (nSPS) is 11.0. The number of carbonyl (C=O) groups is 2. The van der Waals surface area contributed by atoms with Crippen LogP contribution in [0.5, 0.6) is 5.75 Å². The minimum atomic E-state index is -0.209. The van der Waals surface area contributed by atoms with Gasteiger partial charge in [-0.3, -0.25) is 9.59 Å². The molecule has 2 amide bonds. The van der Waals surface area contributed by atoms with Gasteiger partial charge < -0.3 is 19.9 Å². The maximum Gasteiger partial charge on any atom is 0.224 e. The van der Waals surface area contributed by atoms with Crippen molar-refractivity contribution in [2.45, 2.75) is 32.7 Å². The van der Waals surface area contributed by atoms with E-state index in [9.17, 15) is 9.59 Å². The van der Waals surface area contributed by atoms with Gasteiger partial charge in [-0.25, -0.2) is 0 Å². The van der Waals surface area contributed by atoms with Gasteiger partial charge >= 0.3 is 0 Å². The molecule has 0 saturated carbocycles. The average Bonchev–Trinajstić information content (AvgIpc) is 3.26. The highest BCUT2D eigenvalue weighted by atomic mass is 16.5. The van der Waals surface area contributed by atoms with E-state index in [1.54, 1.807) is 12.1 Å². The number of para-hydroxylation sites is 1. The largest absolute Gasteiger partial charge is 0.493 e. The molecule has 6 heteroatoms. The molecule has 38 heavy (non-hydrogen) atoms. The lowest BCUT2D eigenvalue weighted by molar-refractivity contribution is -0.121. The van der Waals surface area contributed by atoms with Gasteiger partial charge in [0.05, 0.1) is 6.61 Å². The summed E-state index contributed by atoms with van der Waals surface area (Å²) in [5.41, 5.74) is 4.94. The summed E-state index contributed by atoms with van der Waals surface area (Å²) in [6, 6.07) is 31.7. The van der Waals surface area contributed by atoms with Crippen molar-refractivity contribution < 1.29 is 14.3 Å². The van der Waals surface area contributed by atoms with E-state index in [2.05, 4.69) is 46.4 Å². The molecule has 0 radical (unpaired) electrons. The van der Waals surface area contributed by atoms with E-state index in [4.69, 9.17) is 4.74 Å². The summed E-state index contributed by atoms with van der Waals surface area (Å²) in [6.45, 7) is 3.58. The summed E-state index contributed by atoms with van der Waals surface area (Å²) in [5, 5.41) is 8.05. The molecule has 0 aliphatic heterocycles. The molecule has 0 saturated heterocycles. The van der Waals surface area contributed by atoms with Crippen molar-refractivity contribution in [3.05, 3.63) is 103 Å². The van der Waals surface area contributed by atoms with Crippen LogP contribution in [0.15, 0.2) is 97.1 Å². The number of aromatic nitrogens is 1. The van der Waals surface area contributed by atoms with Gasteiger partial charge in [0.1, 0.15) is 5.75 Å². The molecule has 0 bridgehead atoms. The number of carbonyl (C=O) groups excluding carboxylic acids is 2. The van der Waals surface area contributed by atoms with Crippen LogP contribution in [0.2, 0.25) is 0 Å². The molecule has 0 aliphatic rings. The molecule has 1 aromatic heterocycles. The first kappa shape index (κ1) is 25.1. The van der Waals surface area contributed by atoms with Crippen molar-refractivity contribution in [2.24, 2.45) is 0 Å². The van der Waals surface area contributed by atoms with Crippen molar-refractivity contribution >= 4 is 45.0 Å². The zero-order chi connectivity index (χ0) is 26.3. The molecule has 0 aliphatic carbocycles. The zero-order valence-electron chi connectivity index (χ0n) is 21.4. The quantitative estimate of drug-likeness (QED) is 0.219. The molecule has 5 rings (SSSR count). The number of anilines is 2. The summed E-state index contributed by atoms with van der Waals surface area (Å²) < 4.78 is 8.06. The molecule has 0 unspecified atom stereocenters. The number of hydrogen-bond acceptors (Lipinski definition) is 3. The van der Waals surface area contributed by atoms with Crippen LogP contribution in [-0.4, -0.2) is 23.0 Å². The Morgan fingerprint density at radius 1 is 0.711 bits per heavy atom. The predicted molar refractivity (Wildman–Crippen MR) is 154 cm³/mol. The number of ether oxygens (including phenoxy) is 1. The van der Waals surface area contributed by atoms with Gasteiger partial charge in [-0.1, -0.05) is 48.5 Å². The van der Waals surface area contributed by atoms with Crippen molar-refractivity contribution in [1.82, 2.24) is 4.57 Å². The Labute approximate surface area is 222 Å². The van der Waals surface area contributed by atoms with E-state index in [1.807, 2.05) is 60.7 Å². The summed E-state index contributed by atoms with van der Waals surface area (Å²) in [4.78, 5) is 25.0. The maximum atomic E-state index is 12.6. The van der Waals surface area contributed by atoms with E-state index in [1.165, 1.54) is 11.1 Å². The molecule has 5 aromatic rings. The van der Waals surface area contributed by atoms with Crippen LogP contribution in [0, 0.1) is 0 Å². The molecule has 1 heterocycles. The average molecular weight is 506 g/mol. The fourth-order valence-corrected chi connectivity index (χ4v) is 4.71. The van der Waals surface area contributed by atoms with E-state index >= 15 is 0 Å². The van der Waals surface area contributed by atoms with E-state index in [0.717, 1.165) is 40.7 Å². The van der Waals surface area contributed by atoms with E-state index in [0.29, 0.717) is 12.3 Å². The van der Waals surface area contributed by atoms with Crippen LogP contribution in [0.3, 0.4) is 0 Å². The topological polar surface area (TPSA) is 72.4 Å². The van der Waals surface area contributed by atoms with E-state index < -0.39 is 0 Å². The van der Waals surface area contributed by atoms with Crippen LogP contribution < -0.4 is 15.4 Å². The predicted octanol–water partition coefficient (Wildman–Crippen LogP) is 6.79. The molecular weight excluding hydrogens is 474 g/mol. The Bertz CT molecular complexity index is 1560. The third kappa shape index (κ3) is 5.86. The van der Waals surface area contributed by atoms with Crippen molar-refractivity contribution in [3.8, 4) is 5.75 Å². The van der Waals surface area contributed by atoms with Crippen LogP contribution in [0.1, 0.15) is 25.3 Å². The molecule has 6 nitrogen and oxygen atoms in total. The smallest absolute Gasteiger partial charge is 0.224 e. The summed E-state index contributed by atoms with van der Waals surface area (Å²) in [7, 11) is 0. The second-order valence-electron chi connectivity index (χ2n) is 9.20. The lowest BCUT2D eigenvalue weighted by Gasteiger charge is -2.09. The number of nitrogens with one attached hydrogen (secondary N) is 2. The fraction of sp³-hybridized carbons (Fsp3) is 0.188. The molecule has 0 spiro atoms. The van der Waals surface area contributed by atoms with Crippen LogP contribution in [-0.2, 0) is 22.6 Å². The standard InChI is InChI=1S/C32H31N3O3/c1-2-35-29-11-7-6-10-27(29)28-22-25(14-17-30(28)35)34-32(37)19-18-31(36)33-24-12-15-26(16-13-24)38-21-20-23-8-4-3-5-9-23/h3-17,22H,2,18-21H2,1H3,(H,33,36)(H,34,37). The van der Waals surface area contributed by atoms with Gasteiger partial charge in [0, 0.05) is 59.0 Å². The first-order valence-electron chi connectivity index (χ1n) is 13.0. The Kier molecular flexibility index (Phi) is 7.69. The second-order valence-corrected chi connectivity index (χ2v) is 9.20. The summed E-state index contributed by atoms with van der Waals surface area (Å²) in [5.74, 6) is 0.345. The minimum Gasteiger partial charge on any atom is -0.493 e. The van der Waals surface area contributed by atoms with Gasteiger partial charge in [-0.2, -0.15) is 0 Å². The zero-order valence-corrected chi connectivity index (χ0v) is 21.4. The Morgan fingerprint density at radius 2 is 1.34 bits per heavy atom. The van der Waals surface area contributed by atoms with Gasteiger partial charge in [0.15, 0.2) is 0 Å². The first-order valence-corrected chi connectivity index (χ1v) is 13.0. The molecule has 4 aromatic carbocycles. The van der Waals surface area contributed by atoms with E-state index in [-0.39, 0.29) is 24.7 Å². The number of rotatable bonds is 10. The number of benzene rings is 4. The fourth-order valence-electron chi connectivity index (χ4n) is 4.71. The Balaban J connectivity index is 1.10. The van der Waals surface area contributed by atoms with Crippen molar-refractivity contribution in [2.75, 3.05) is 17.2 Å². The van der Waals surface area contributed by atoms with Crippen LogP contribution in [0.25, 0.3) is 21.8 Å². The highest BCUT2D eigenvalue weighted by Gasteiger charge is 2.12. The highest BCUT2D eigenvalue weighted by Crippen LogP contribution is 2.31. The van der Waals surface area contributed by atoms with Gasteiger partial charge in [0.2, 0.25) is 11.8 Å². The lowest BCUT2D eigenvalue weighted by atomic mass is 10.1. The monoisotopic (exact) mass is 505 g/mol. The number of aryl methyl sites for hydroxylation is 1. The molecular formula is C32H31N3O3. The molecule has 2 N–H and O–H groups in total.